The molecule has 3 rings (SSSR count). The van der Waals surface area contributed by atoms with Crippen LogP contribution in [0.2, 0.25) is 0 Å². The highest BCUT2D eigenvalue weighted by atomic mass is 19.4. The first-order valence-electron chi connectivity index (χ1n) is 9.06. The number of fused-ring (bicyclic) bond motifs is 1. The van der Waals surface area contributed by atoms with Gasteiger partial charge in [-0.2, -0.15) is 13.2 Å². The van der Waals surface area contributed by atoms with Gasteiger partial charge in [-0.1, -0.05) is 55.1 Å². The average Bonchev–Trinajstić information content (AvgIpc) is 3.06. The van der Waals surface area contributed by atoms with E-state index < -0.39 is 11.7 Å². The molecule has 0 saturated heterocycles. The maximum Gasteiger partial charge on any atom is 0.416 e. The molecule has 4 heteroatoms. The van der Waals surface area contributed by atoms with Crippen molar-refractivity contribution in [1.29, 1.82) is 0 Å². The van der Waals surface area contributed by atoms with Crippen LogP contribution in [0.3, 0.4) is 0 Å². The van der Waals surface area contributed by atoms with Crippen molar-refractivity contribution in [1.82, 2.24) is 0 Å². The van der Waals surface area contributed by atoms with Crippen molar-refractivity contribution in [3.63, 3.8) is 0 Å². The average molecular weight is 372 g/mol. The molecule has 2 aromatic rings. The summed E-state index contributed by atoms with van der Waals surface area (Å²) in [6.07, 6.45) is 1.11. The maximum atomic E-state index is 12.6. The first kappa shape index (κ1) is 19.4. The zero-order chi connectivity index (χ0) is 19.4. The molecule has 0 saturated carbocycles. The van der Waals surface area contributed by atoms with Crippen LogP contribution in [0.25, 0.3) is 0 Å². The molecule has 1 unspecified atom stereocenters. The second-order valence-corrected chi connectivity index (χ2v) is 6.93. The molecule has 0 aliphatic heterocycles. The molecule has 0 bridgehead atoms. The summed E-state index contributed by atoms with van der Waals surface area (Å²) >= 11 is 0. The summed E-state index contributed by atoms with van der Waals surface area (Å²) in [5.74, 6) is 0. The number of ether oxygens (including phenoxy) is 1. The Kier molecular flexibility index (Phi) is 5.85. The molecule has 142 valence electrons. The highest BCUT2D eigenvalue weighted by Gasteiger charge is 2.30. The summed E-state index contributed by atoms with van der Waals surface area (Å²) in [5, 5.41) is 0. The van der Waals surface area contributed by atoms with Crippen molar-refractivity contribution in [3.8, 4) is 0 Å². The lowest BCUT2D eigenvalue weighted by Crippen LogP contribution is -2.05. The zero-order valence-corrected chi connectivity index (χ0v) is 15.2. The molecule has 0 heterocycles. The van der Waals surface area contributed by atoms with Crippen LogP contribution in [0.5, 0.6) is 0 Å². The predicted octanol–water partition coefficient (Wildman–Crippen LogP) is 6.58. The highest BCUT2D eigenvalue weighted by Crippen LogP contribution is 2.36. The minimum atomic E-state index is -4.31. The molecule has 0 aromatic heterocycles. The molecule has 1 aliphatic carbocycles. The summed E-state index contributed by atoms with van der Waals surface area (Å²) < 4.78 is 44.0. The number of benzene rings is 2. The van der Waals surface area contributed by atoms with Gasteiger partial charge in [0.15, 0.2) is 0 Å². The zero-order valence-electron chi connectivity index (χ0n) is 15.2. The van der Waals surface area contributed by atoms with Crippen LogP contribution in [0, 0.1) is 0 Å². The Balaban J connectivity index is 1.63. The number of allylic oxidation sites excluding steroid dienone is 2. The second-order valence-electron chi connectivity index (χ2n) is 6.93. The van der Waals surface area contributed by atoms with Crippen LogP contribution >= 0.6 is 0 Å². The molecule has 2 aromatic carbocycles. The number of alkyl halides is 3. The normalized spacial score (nSPS) is 16.2. The summed E-state index contributed by atoms with van der Waals surface area (Å²) in [7, 11) is 0. The SMILES string of the molecule is C=CC(=C)CCc1ccc2c(c1)C(OCc1ccc(C(F)(F)F)cc1)CC2. The maximum absolute atomic E-state index is 12.6. The van der Waals surface area contributed by atoms with Crippen molar-refractivity contribution >= 4 is 0 Å². The summed E-state index contributed by atoms with van der Waals surface area (Å²) in [6, 6.07) is 11.7. The summed E-state index contributed by atoms with van der Waals surface area (Å²) in [4.78, 5) is 0. The molecule has 1 nitrogen and oxygen atoms in total. The van der Waals surface area contributed by atoms with Crippen molar-refractivity contribution in [2.24, 2.45) is 0 Å². The molecule has 0 N–H and O–H groups in total. The van der Waals surface area contributed by atoms with Gasteiger partial charge < -0.3 is 4.74 Å². The number of hydrogen-bond donors (Lipinski definition) is 0. The van der Waals surface area contributed by atoms with Gasteiger partial charge in [0.2, 0.25) is 0 Å². The minimum absolute atomic E-state index is 0.00940. The van der Waals surface area contributed by atoms with E-state index in [1.54, 1.807) is 6.08 Å². The van der Waals surface area contributed by atoms with Crippen LogP contribution in [0.1, 0.15) is 46.8 Å². The second kappa shape index (κ2) is 8.13. The van der Waals surface area contributed by atoms with Crippen LogP contribution in [0.4, 0.5) is 13.2 Å². The molecular formula is C23H23F3O. The van der Waals surface area contributed by atoms with Crippen molar-refractivity contribution in [2.75, 3.05) is 0 Å². The number of aryl methyl sites for hydroxylation is 2. The van der Waals surface area contributed by atoms with E-state index in [9.17, 15) is 13.2 Å². The topological polar surface area (TPSA) is 9.23 Å². The lowest BCUT2D eigenvalue weighted by Gasteiger charge is -2.15. The van der Waals surface area contributed by atoms with Crippen LogP contribution in [0.15, 0.2) is 67.3 Å². The predicted molar refractivity (Wildman–Crippen MR) is 101 cm³/mol. The Morgan fingerprint density at radius 1 is 1.11 bits per heavy atom. The summed E-state index contributed by atoms with van der Waals surface area (Å²) in [6.45, 7) is 7.98. The molecular weight excluding hydrogens is 349 g/mol. The van der Waals surface area contributed by atoms with E-state index in [1.807, 2.05) is 0 Å². The smallest absolute Gasteiger partial charge is 0.369 e. The van der Waals surface area contributed by atoms with Crippen molar-refractivity contribution in [3.05, 3.63) is 95.1 Å². The van der Waals surface area contributed by atoms with Crippen molar-refractivity contribution in [2.45, 2.75) is 44.6 Å². The largest absolute Gasteiger partial charge is 0.416 e. The molecule has 0 radical (unpaired) electrons. The molecule has 0 amide bonds. The van der Waals surface area contributed by atoms with Gasteiger partial charge in [-0.25, -0.2) is 0 Å². The number of halogens is 3. The van der Waals surface area contributed by atoms with Gasteiger partial charge in [-0.15, -0.1) is 0 Å². The number of rotatable bonds is 7. The molecule has 1 atom stereocenters. The highest BCUT2D eigenvalue weighted by molar-refractivity contribution is 5.38. The van der Waals surface area contributed by atoms with Gasteiger partial charge >= 0.3 is 6.18 Å². The van der Waals surface area contributed by atoms with E-state index in [2.05, 4.69) is 31.4 Å². The third kappa shape index (κ3) is 4.89. The Morgan fingerprint density at radius 3 is 2.48 bits per heavy atom. The van der Waals surface area contributed by atoms with E-state index in [-0.39, 0.29) is 6.10 Å². The van der Waals surface area contributed by atoms with Gasteiger partial charge in [0.25, 0.3) is 0 Å². The Morgan fingerprint density at radius 2 is 1.81 bits per heavy atom. The molecule has 0 spiro atoms. The molecule has 0 fully saturated rings. The standard InChI is InChI=1S/C23H23F3O/c1-3-16(2)4-5-17-6-9-19-10-13-22(21(19)14-17)27-15-18-7-11-20(12-8-18)23(24,25)26/h3,6-9,11-12,14,22H,1-2,4-5,10,13,15H2. The van der Waals surface area contributed by atoms with Crippen LogP contribution < -0.4 is 0 Å². The van der Waals surface area contributed by atoms with E-state index in [4.69, 9.17) is 4.74 Å². The fourth-order valence-corrected chi connectivity index (χ4v) is 3.34. The summed E-state index contributed by atoms with van der Waals surface area (Å²) in [5.41, 5.74) is 4.85. The van der Waals surface area contributed by atoms with Gasteiger partial charge in [-0.3, -0.25) is 0 Å². The fraction of sp³-hybridized carbons (Fsp3) is 0.304. The van der Waals surface area contributed by atoms with Gasteiger partial charge in [0.1, 0.15) is 0 Å². The third-order valence-corrected chi connectivity index (χ3v) is 4.99. The first-order valence-corrected chi connectivity index (χ1v) is 9.06. The number of hydrogen-bond acceptors (Lipinski definition) is 1. The van der Waals surface area contributed by atoms with E-state index in [0.29, 0.717) is 6.61 Å². The van der Waals surface area contributed by atoms with Gasteiger partial charge in [0, 0.05) is 0 Å². The van der Waals surface area contributed by atoms with Crippen LogP contribution in [-0.4, -0.2) is 0 Å². The Bertz CT molecular complexity index is 819. The quantitative estimate of drug-likeness (QED) is 0.499. The van der Waals surface area contributed by atoms with E-state index in [0.717, 1.165) is 49.0 Å². The first-order chi connectivity index (χ1) is 12.9. The van der Waals surface area contributed by atoms with Gasteiger partial charge in [-0.05, 0) is 60.1 Å². The van der Waals surface area contributed by atoms with Crippen LogP contribution in [-0.2, 0) is 30.4 Å². The van der Waals surface area contributed by atoms with Crippen molar-refractivity contribution < 1.29 is 17.9 Å². The monoisotopic (exact) mass is 372 g/mol. The lowest BCUT2D eigenvalue weighted by atomic mass is 10.0. The van der Waals surface area contributed by atoms with Gasteiger partial charge in [0.05, 0.1) is 18.3 Å². The lowest BCUT2D eigenvalue weighted by molar-refractivity contribution is -0.137. The minimum Gasteiger partial charge on any atom is -0.369 e. The van der Waals surface area contributed by atoms with E-state index in [1.165, 1.54) is 28.8 Å². The Labute approximate surface area is 158 Å². The third-order valence-electron chi connectivity index (χ3n) is 4.99. The Hall–Kier alpha value is -2.33. The molecule has 27 heavy (non-hydrogen) atoms. The fourth-order valence-electron chi connectivity index (χ4n) is 3.34. The van der Waals surface area contributed by atoms with E-state index >= 15 is 0 Å². The molecule has 1 aliphatic rings.